The molecule has 0 unspecified atom stereocenters. The van der Waals surface area contributed by atoms with Gasteiger partial charge in [0, 0.05) is 6.54 Å². The summed E-state index contributed by atoms with van der Waals surface area (Å²) < 4.78 is 12.3. The second-order valence-corrected chi connectivity index (χ2v) is 6.84. The minimum Gasteiger partial charge on any atom is -0.469 e. The lowest BCUT2D eigenvalue weighted by Crippen LogP contribution is -2.19. The van der Waals surface area contributed by atoms with Crippen LogP contribution in [-0.2, 0) is 22.5 Å². The Balaban J connectivity index is 2.05. The molecule has 3 rings (SSSR count). The van der Waals surface area contributed by atoms with Crippen LogP contribution in [0.2, 0.25) is 0 Å². The number of nitrogens with zero attached hydrogens (tertiary/aromatic N) is 3. The maximum Gasteiger partial charge on any atom is 0.433 e. The molecule has 3 aromatic rings. The molecule has 0 saturated carbocycles. The van der Waals surface area contributed by atoms with Crippen molar-refractivity contribution in [3.8, 4) is 0 Å². The number of nitro groups is 1. The van der Waals surface area contributed by atoms with Crippen molar-refractivity contribution < 1.29 is 23.7 Å². The van der Waals surface area contributed by atoms with E-state index in [2.05, 4.69) is 9.73 Å². The van der Waals surface area contributed by atoms with E-state index in [1.807, 2.05) is 25.1 Å². The van der Waals surface area contributed by atoms with E-state index < -0.39 is 16.7 Å². The zero-order valence-corrected chi connectivity index (χ0v) is 16.0. The molecule has 1 amide bonds. The summed E-state index contributed by atoms with van der Waals surface area (Å²) in [5.41, 5.74) is 1.97. The number of carbonyl (C=O) groups excluding carboxylic acids is 2. The number of rotatable bonds is 6. The Kier molecular flexibility index (Phi) is 5.69. The van der Waals surface area contributed by atoms with Crippen molar-refractivity contribution in [1.82, 2.24) is 4.57 Å². The maximum absolute atomic E-state index is 12.4. The molecule has 10 heteroatoms. The monoisotopic (exact) mass is 403 g/mol. The number of hydrogen-bond acceptors (Lipinski definition) is 7. The van der Waals surface area contributed by atoms with E-state index in [0.29, 0.717) is 4.80 Å². The van der Waals surface area contributed by atoms with Gasteiger partial charge in [0.2, 0.25) is 5.76 Å². The lowest BCUT2D eigenvalue weighted by molar-refractivity contribution is -0.402. The van der Waals surface area contributed by atoms with Crippen LogP contribution >= 0.6 is 11.3 Å². The fourth-order valence-electron chi connectivity index (χ4n) is 2.63. The van der Waals surface area contributed by atoms with Gasteiger partial charge in [0.1, 0.15) is 4.92 Å². The largest absolute Gasteiger partial charge is 0.469 e. The van der Waals surface area contributed by atoms with Crippen molar-refractivity contribution in [2.45, 2.75) is 26.3 Å². The van der Waals surface area contributed by atoms with Crippen LogP contribution in [0.5, 0.6) is 0 Å². The fraction of sp³-hybridized carbons (Fsp3) is 0.278. The molecule has 0 radical (unpaired) electrons. The lowest BCUT2D eigenvalue weighted by atomic mass is 10.2. The van der Waals surface area contributed by atoms with Crippen LogP contribution in [0.4, 0.5) is 5.88 Å². The second-order valence-electron chi connectivity index (χ2n) is 5.83. The van der Waals surface area contributed by atoms with E-state index in [9.17, 15) is 19.7 Å². The van der Waals surface area contributed by atoms with Crippen LogP contribution in [0.1, 0.15) is 29.5 Å². The number of methoxy groups -OCH3 is 1. The van der Waals surface area contributed by atoms with Gasteiger partial charge in [-0.1, -0.05) is 24.3 Å². The molecule has 2 heterocycles. The highest BCUT2D eigenvalue weighted by Gasteiger charge is 2.18. The van der Waals surface area contributed by atoms with Gasteiger partial charge in [-0.15, -0.1) is 0 Å². The van der Waals surface area contributed by atoms with Crippen LogP contribution in [0, 0.1) is 10.1 Å². The van der Waals surface area contributed by atoms with Gasteiger partial charge in [0.15, 0.2) is 4.80 Å². The van der Waals surface area contributed by atoms with Crippen molar-refractivity contribution in [2.75, 3.05) is 7.11 Å². The Morgan fingerprint density at radius 2 is 2.11 bits per heavy atom. The normalized spacial score (nSPS) is 11.7. The number of thiazole rings is 1. The van der Waals surface area contributed by atoms with E-state index >= 15 is 0 Å². The molecule has 0 spiro atoms. The number of esters is 1. The fourth-order valence-corrected chi connectivity index (χ4v) is 3.74. The first-order chi connectivity index (χ1) is 13.4. The molecule has 28 heavy (non-hydrogen) atoms. The molecule has 1 aromatic carbocycles. The minimum atomic E-state index is -0.734. The summed E-state index contributed by atoms with van der Waals surface area (Å²) in [4.78, 5) is 38.4. The highest BCUT2D eigenvalue weighted by Crippen LogP contribution is 2.21. The first-order valence-electron chi connectivity index (χ1n) is 8.45. The van der Waals surface area contributed by atoms with Gasteiger partial charge in [-0.05, 0) is 30.2 Å². The van der Waals surface area contributed by atoms with E-state index in [1.165, 1.54) is 24.5 Å². The molecule has 0 fully saturated rings. The Hall–Kier alpha value is -3.27. The maximum atomic E-state index is 12.4. The first-order valence-corrected chi connectivity index (χ1v) is 9.27. The summed E-state index contributed by atoms with van der Waals surface area (Å²) in [6, 6.07) is 8.22. The van der Waals surface area contributed by atoms with Crippen molar-refractivity contribution in [3.05, 3.63) is 56.6 Å². The summed E-state index contributed by atoms with van der Waals surface area (Å²) in [7, 11) is 1.31. The lowest BCUT2D eigenvalue weighted by Gasteiger charge is -2.05. The quantitative estimate of drug-likeness (QED) is 0.355. The summed E-state index contributed by atoms with van der Waals surface area (Å²) in [5, 5.41) is 10.7. The second kappa shape index (κ2) is 8.17. The van der Waals surface area contributed by atoms with Crippen molar-refractivity contribution in [3.63, 3.8) is 0 Å². The molecule has 0 aliphatic rings. The molecular weight excluding hydrogens is 386 g/mol. The summed E-state index contributed by atoms with van der Waals surface area (Å²) in [6.07, 6.45) is 0.975. The molecule has 2 aromatic heterocycles. The number of hydrogen-bond donors (Lipinski definition) is 0. The van der Waals surface area contributed by atoms with E-state index in [4.69, 9.17) is 4.42 Å². The molecule has 0 N–H and O–H groups in total. The minimum absolute atomic E-state index is 0.117. The molecular formula is C18H17N3O6S. The van der Waals surface area contributed by atoms with Gasteiger partial charge < -0.3 is 13.7 Å². The van der Waals surface area contributed by atoms with Crippen molar-refractivity contribution in [2.24, 2.45) is 4.99 Å². The first kappa shape index (κ1) is 19.5. The molecule has 0 aliphatic carbocycles. The SMILES string of the molecule is CCc1ccc2c(c1)sc(=NC(=O)c1ccc([N+](=O)[O-])o1)n2CCC(=O)OC. The topological polar surface area (TPSA) is 117 Å². The third kappa shape index (κ3) is 4.01. The average Bonchev–Trinajstić information content (AvgIpc) is 3.30. The summed E-state index contributed by atoms with van der Waals surface area (Å²) in [5.74, 6) is -1.86. The average molecular weight is 403 g/mol. The van der Waals surface area contributed by atoms with Crippen molar-refractivity contribution in [1.29, 1.82) is 0 Å². The summed E-state index contributed by atoms with van der Waals surface area (Å²) in [6.45, 7) is 2.32. The summed E-state index contributed by atoms with van der Waals surface area (Å²) >= 11 is 1.30. The van der Waals surface area contributed by atoms with Gasteiger partial charge in [-0.25, -0.2) is 0 Å². The molecule has 0 atom stereocenters. The van der Waals surface area contributed by atoms with Gasteiger partial charge in [-0.2, -0.15) is 4.99 Å². The van der Waals surface area contributed by atoms with Crippen LogP contribution in [0.15, 0.2) is 39.7 Å². The van der Waals surface area contributed by atoms with E-state index in [-0.39, 0.29) is 24.7 Å². The molecule has 0 bridgehead atoms. The smallest absolute Gasteiger partial charge is 0.433 e. The molecule has 0 saturated heterocycles. The Morgan fingerprint density at radius 3 is 2.75 bits per heavy atom. The number of ether oxygens (including phenoxy) is 1. The highest BCUT2D eigenvalue weighted by atomic mass is 32.1. The third-order valence-corrected chi connectivity index (χ3v) is 5.14. The zero-order valence-electron chi connectivity index (χ0n) is 15.2. The van der Waals surface area contributed by atoms with Gasteiger partial charge in [0.25, 0.3) is 0 Å². The third-order valence-electron chi connectivity index (χ3n) is 4.10. The van der Waals surface area contributed by atoms with Gasteiger partial charge in [-0.3, -0.25) is 19.7 Å². The number of fused-ring (bicyclic) bond motifs is 1. The van der Waals surface area contributed by atoms with Gasteiger partial charge >= 0.3 is 17.8 Å². The van der Waals surface area contributed by atoms with E-state index in [0.717, 1.165) is 28.3 Å². The standard InChI is InChI=1S/C18H17N3O6S/c1-3-11-4-5-12-14(10-11)28-18(20(12)9-8-16(22)26-2)19-17(23)13-6-7-15(27-13)21(24)25/h4-7,10H,3,8-9H2,1-2H3. The number of furan rings is 1. The van der Waals surface area contributed by atoms with Crippen LogP contribution in [0.25, 0.3) is 10.2 Å². The number of aromatic nitrogens is 1. The molecule has 0 aliphatic heterocycles. The molecule has 146 valence electrons. The number of aryl methyl sites for hydroxylation is 2. The molecule has 9 nitrogen and oxygen atoms in total. The number of amides is 1. The highest BCUT2D eigenvalue weighted by molar-refractivity contribution is 7.16. The number of benzene rings is 1. The predicted molar refractivity (Wildman–Crippen MR) is 101 cm³/mol. The van der Waals surface area contributed by atoms with Crippen LogP contribution < -0.4 is 4.80 Å². The van der Waals surface area contributed by atoms with Crippen LogP contribution in [-0.4, -0.2) is 28.5 Å². The van der Waals surface area contributed by atoms with Gasteiger partial charge in [0.05, 0.1) is 29.8 Å². The zero-order chi connectivity index (χ0) is 20.3. The Bertz CT molecular complexity index is 1120. The van der Waals surface area contributed by atoms with E-state index in [1.54, 1.807) is 4.57 Å². The van der Waals surface area contributed by atoms with Crippen LogP contribution in [0.3, 0.4) is 0 Å². The number of carbonyl (C=O) groups is 2. The predicted octanol–water partition coefficient (Wildman–Crippen LogP) is 3.07. The Morgan fingerprint density at radius 1 is 1.32 bits per heavy atom. The van der Waals surface area contributed by atoms with Crippen molar-refractivity contribution >= 4 is 39.3 Å². The Labute approximate surface area is 163 Å².